The highest BCUT2D eigenvalue weighted by atomic mass is 35.5. The van der Waals surface area contributed by atoms with Gasteiger partial charge in [0.15, 0.2) is 0 Å². The average Bonchev–Trinajstić information content (AvgIpc) is 2.86. The first-order valence-electron chi connectivity index (χ1n) is 11.3. The largest absolute Gasteiger partial charge is 0.480 e. The molecule has 0 fully saturated rings. The highest BCUT2D eigenvalue weighted by Gasteiger charge is 2.25. The lowest BCUT2D eigenvalue weighted by atomic mass is 10.1. The smallest absolute Gasteiger partial charge is 0.321 e. The van der Waals surface area contributed by atoms with E-state index in [4.69, 9.17) is 27.9 Å². The number of esters is 1. The standard InChI is InChI=1S/C26H24Cl2N2O7S/c1-16(31)37-24-15-20(28)10-13-22(24)25(32)29-14-2-3-23(26(33)34)30-38(35,36)21-11-6-18(7-12-21)17-4-8-19(27)9-5-17/h4-13,15,23,30H,2-3,14H2,1H3,(H,29,32)(H,33,34). The van der Waals surface area contributed by atoms with Gasteiger partial charge >= 0.3 is 11.9 Å². The molecule has 0 aromatic heterocycles. The van der Waals surface area contributed by atoms with Crippen LogP contribution in [-0.2, 0) is 19.6 Å². The fraction of sp³-hybridized carbons (Fsp3) is 0.192. The molecule has 1 amide bonds. The molecule has 0 saturated heterocycles. The van der Waals surface area contributed by atoms with Crippen molar-refractivity contribution >= 4 is 51.1 Å². The van der Waals surface area contributed by atoms with E-state index in [1.54, 1.807) is 36.4 Å². The fourth-order valence-corrected chi connectivity index (χ4v) is 5.00. The number of carboxylic acids is 1. The van der Waals surface area contributed by atoms with Crippen LogP contribution in [0.25, 0.3) is 11.1 Å². The molecule has 0 aliphatic carbocycles. The van der Waals surface area contributed by atoms with Crippen molar-refractivity contribution in [1.82, 2.24) is 10.0 Å². The Morgan fingerprint density at radius 2 is 1.50 bits per heavy atom. The van der Waals surface area contributed by atoms with Gasteiger partial charge in [-0.15, -0.1) is 0 Å². The van der Waals surface area contributed by atoms with Crippen LogP contribution in [0.4, 0.5) is 0 Å². The number of benzene rings is 3. The summed E-state index contributed by atoms with van der Waals surface area (Å²) in [6.45, 7) is 1.23. The number of aliphatic carboxylic acids is 1. The molecular formula is C26H24Cl2N2O7S. The molecule has 0 saturated carbocycles. The number of nitrogens with one attached hydrogen (secondary N) is 2. The van der Waals surface area contributed by atoms with Gasteiger partial charge in [-0.25, -0.2) is 8.42 Å². The number of hydrogen-bond acceptors (Lipinski definition) is 6. The van der Waals surface area contributed by atoms with E-state index in [-0.39, 0.29) is 40.6 Å². The molecule has 38 heavy (non-hydrogen) atoms. The summed E-state index contributed by atoms with van der Waals surface area (Å²) in [6.07, 6.45) is 0.0618. The summed E-state index contributed by atoms with van der Waals surface area (Å²) in [5, 5.41) is 13.0. The van der Waals surface area contributed by atoms with Gasteiger partial charge in [-0.1, -0.05) is 47.5 Å². The summed E-state index contributed by atoms with van der Waals surface area (Å²) in [7, 11) is -4.13. The first-order chi connectivity index (χ1) is 18.0. The Hall–Kier alpha value is -3.44. The van der Waals surface area contributed by atoms with E-state index in [1.807, 2.05) is 0 Å². The predicted octanol–water partition coefficient (Wildman–Crippen LogP) is 4.53. The second kappa shape index (κ2) is 12.9. The van der Waals surface area contributed by atoms with Gasteiger partial charge in [0.2, 0.25) is 10.0 Å². The molecule has 9 nitrogen and oxygen atoms in total. The number of ether oxygens (including phenoxy) is 1. The first-order valence-corrected chi connectivity index (χ1v) is 13.6. The van der Waals surface area contributed by atoms with Gasteiger partial charge in [0.05, 0.1) is 10.5 Å². The zero-order valence-electron chi connectivity index (χ0n) is 20.1. The number of carbonyl (C=O) groups is 3. The molecule has 0 aliphatic rings. The lowest BCUT2D eigenvalue weighted by molar-refractivity contribution is -0.139. The maximum atomic E-state index is 12.8. The lowest BCUT2D eigenvalue weighted by Crippen LogP contribution is -2.41. The van der Waals surface area contributed by atoms with Gasteiger partial charge in [-0.3, -0.25) is 14.4 Å². The maximum absolute atomic E-state index is 12.8. The Morgan fingerprint density at radius 3 is 2.08 bits per heavy atom. The van der Waals surface area contributed by atoms with Crippen LogP contribution < -0.4 is 14.8 Å². The number of sulfonamides is 1. The summed E-state index contributed by atoms with van der Waals surface area (Å²) in [5.41, 5.74) is 1.68. The second-order valence-electron chi connectivity index (χ2n) is 8.18. The van der Waals surface area contributed by atoms with Gasteiger partial charge in [0.1, 0.15) is 11.8 Å². The maximum Gasteiger partial charge on any atom is 0.321 e. The normalized spacial score (nSPS) is 12.0. The Morgan fingerprint density at radius 1 is 0.921 bits per heavy atom. The van der Waals surface area contributed by atoms with E-state index in [0.717, 1.165) is 11.1 Å². The third-order valence-corrected chi connectivity index (χ3v) is 7.31. The zero-order chi connectivity index (χ0) is 27.9. The molecule has 3 rings (SSSR count). The molecule has 12 heteroatoms. The van der Waals surface area contributed by atoms with Gasteiger partial charge in [0, 0.05) is 29.6 Å². The number of halogens is 2. The molecule has 3 aromatic carbocycles. The van der Waals surface area contributed by atoms with Crippen molar-refractivity contribution in [2.24, 2.45) is 0 Å². The molecule has 1 atom stereocenters. The molecule has 3 N–H and O–H groups in total. The van der Waals surface area contributed by atoms with E-state index in [9.17, 15) is 27.9 Å². The van der Waals surface area contributed by atoms with Crippen molar-refractivity contribution in [2.45, 2.75) is 30.7 Å². The van der Waals surface area contributed by atoms with Crippen molar-refractivity contribution in [2.75, 3.05) is 6.54 Å². The lowest BCUT2D eigenvalue weighted by Gasteiger charge is -2.15. The van der Waals surface area contributed by atoms with E-state index < -0.39 is 33.9 Å². The summed E-state index contributed by atoms with van der Waals surface area (Å²) in [4.78, 5) is 35.4. The predicted molar refractivity (Wildman–Crippen MR) is 143 cm³/mol. The number of carboxylic acid groups (broad SMARTS) is 1. The van der Waals surface area contributed by atoms with Gasteiger partial charge < -0.3 is 15.2 Å². The zero-order valence-corrected chi connectivity index (χ0v) is 22.4. The molecule has 0 radical (unpaired) electrons. The molecule has 200 valence electrons. The minimum atomic E-state index is -4.13. The highest BCUT2D eigenvalue weighted by molar-refractivity contribution is 7.89. The molecule has 0 aliphatic heterocycles. The fourth-order valence-electron chi connectivity index (χ4n) is 3.48. The molecule has 0 heterocycles. The topological polar surface area (TPSA) is 139 Å². The summed E-state index contributed by atoms with van der Waals surface area (Å²) in [6, 6.07) is 15.8. The Labute approximate surface area is 229 Å². The summed E-state index contributed by atoms with van der Waals surface area (Å²) < 4.78 is 32.8. The van der Waals surface area contributed by atoms with Crippen LogP contribution in [0.5, 0.6) is 5.75 Å². The number of hydrogen-bond donors (Lipinski definition) is 3. The van der Waals surface area contributed by atoms with E-state index >= 15 is 0 Å². The van der Waals surface area contributed by atoms with E-state index in [2.05, 4.69) is 10.0 Å². The molecular weight excluding hydrogens is 555 g/mol. The number of carbonyl (C=O) groups excluding carboxylic acids is 2. The van der Waals surface area contributed by atoms with Gasteiger partial charge in [-0.2, -0.15) is 4.72 Å². The van der Waals surface area contributed by atoms with Crippen molar-refractivity contribution in [3.05, 3.63) is 82.3 Å². The summed E-state index contributed by atoms with van der Waals surface area (Å²) >= 11 is 11.8. The molecule has 1 unspecified atom stereocenters. The third-order valence-electron chi connectivity index (χ3n) is 5.33. The van der Waals surface area contributed by atoms with Crippen LogP contribution in [0, 0.1) is 0 Å². The minimum Gasteiger partial charge on any atom is -0.480 e. The van der Waals surface area contributed by atoms with Crippen molar-refractivity contribution in [3.63, 3.8) is 0 Å². The van der Waals surface area contributed by atoms with Crippen LogP contribution in [0.1, 0.15) is 30.1 Å². The molecule has 0 spiro atoms. The third kappa shape index (κ3) is 8.03. The molecule has 3 aromatic rings. The van der Waals surface area contributed by atoms with Crippen LogP contribution in [0.15, 0.2) is 71.6 Å². The average molecular weight is 579 g/mol. The second-order valence-corrected chi connectivity index (χ2v) is 10.8. The van der Waals surface area contributed by atoms with Gasteiger partial charge in [0.25, 0.3) is 5.91 Å². The molecule has 0 bridgehead atoms. The van der Waals surface area contributed by atoms with Crippen LogP contribution in [-0.4, -0.2) is 44.0 Å². The highest BCUT2D eigenvalue weighted by Crippen LogP contribution is 2.25. The number of amides is 1. The first kappa shape index (κ1) is 29.1. The van der Waals surface area contributed by atoms with Crippen LogP contribution in [0.3, 0.4) is 0 Å². The monoisotopic (exact) mass is 578 g/mol. The van der Waals surface area contributed by atoms with Crippen molar-refractivity contribution in [1.29, 1.82) is 0 Å². The van der Waals surface area contributed by atoms with Crippen molar-refractivity contribution in [3.8, 4) is 16.9 Å². The Bertz CT molecular complexity index is 1430. The van der Waals surface area contributed by atoms with Crippen molar-refractivity contribution < 1.29 is 32.6 Å². The minimum absolute atomic E-state index is 0.0132. The quantitative estimate of drug-likeness (QED) is 0.172. The van der Waals surface area contributed by atoms with Gasteiger partial charge in [-0.05, 0) is 60.4 Å². The Balaban J connectivity index is 1.59. The SMILES string of the molecule is CC(=O)Oc1cc(Cl)ccc1C(=O)NCCCC(NS(=O)(=O)c1ccc(-c2ccc(Cl)cc2)cc1)C(=O)O. The van der Waals surface area contributed by atoms with Crippen LogP contribution in [0.2, 0.25) is 10.0 Å². The van der Waals surface area contributed by atoms with E-state index in [0.29, 0.717) is 5.02 Å². The number of rotatable bonds is 11. The van der Waals surface area contributed by atoms with Crippen LogP contribution >= 0.6 is 23.2 Å². The Kier molecular flexibility index (Phi) is 9.87. The summed E-state index contributed by atoms with van der Waals surface area (Å²) in [5.74, 6) is -2.56. The van der Waals surface area contributed by atoms with E-state index in [1.165, 1.54) is 37.3 Å².